The van der Waals surface area contributed by atoms with Crippen LogP contribution in [0, 0.1) is 0 Å². The summed E-state index contributed by atoms with van der Waals surface area (Å²) in [7, 11) is 0. The zero-order valence-electron chi connectivity index (χ0n) is 15.5. The minimum absolute atomic E-state index is 0.357. The van der Waals surface area contributed by atoms with Gasteiger partial charge >= 0.3 is 0 Å². The van der Waals surface area contributed by atoms with E-state index in [1.807, 2.05) is 48.5 Å². The molecule has 0 bridgehead atoms. The highest BCUT2D eigenvalue weighted by Crippen LogP contribution is 2.20. The molecule has 0 saturated heterocycles. The quantitative estimate of drug-likeness (QED) is 0.654. The Bertz CT molecular complexity index is 856. The van der Waals surface area contributed by atoms with Crippen molar-refractivity contribution < 1.29 is 19.8 Å². The summed E-state index contributed by atoms with van der Waals surface area (Å²) in [5.74, 6) is -1.43. The van der Waals surface area contributed by atoms with Gasteiger partial charge in [-0.15, -0.1) is 0 Å². The van der Waals surface area contributed by atoms with E-state index in [-0.39, 0.29) is 6.04 Å². The molecule has 3 rings (SSSR count). The smallest absolute Gasteiger partial charge is 0.255 e. The molecular formula is C21H23BrN2O4. The molecule has 0 saturated carbocycles. The number of rotatable bonds is 5. The van der Waals surface area contributed by atoms with Gasteiger partial charge in [-0.1, -0.05) is 52.3 Å². The second kappa shape index (κ2) is 8.86. The molecule has 3 N–H and O–H groups in total. The van der Waals surface area contributed by atoms with Crippen LogP contribution in [-0.4, -0.2) is 45.7 Å². The molecule has 0 radical (unpaired) electrons. The number of nitrogens with one attached hydrogen (secondary N) is 1. The Morgan fingerprint density at radius 2 is 1.68 bits per heavy atom. The number of nitrogens with zero attached hydrogens (tertiary/aromatic N) is 1. The van der Waals surface area contributed by atoms with Gasteiger partial charge in [-0.25, -0.2) is 0 Å². The summed E-state index contributed by atoms with van der Waals surface area (Å²) in [6.45, 7) is 2.57. The van der Waals surface area contributed by atoms with E-state index in [9.17, 15) is 19.8 Å². The van der Waals surface area contributed by atoms with Gasteiger partial charge in [0.2, 0.25) is 0 Å². The van der Waals surface area contributed by atoms with E-state index >= 15 is 0 Å². The van der Waals surface area contributed by atoms with Crippen LogP contribution >= 0.6 is 15.9 Å². The van der Waals surface area contributed by atoms with Gasteiger partial charge in [0, 0.05) is 17.6 Å². The summed E-state index contributed by atoms with van der Waals surface area (Å²) in [5.41, 5.74) is 3.02. The number of halogens is 1. The van der Waals surface area contributed by atoms with Crippen LogP contribution in [-0.2, 0) is 22.6 Å². The molecule has 0 aromatic heterocycles. The molecule has 1 heterocycles. The Morgan fingerprint density at radius 1 is 1.04 bits per heavy atom. The number of carbonyl (C=O) groups excluding carboxylic acids is 2. The number of carbonyl (C=O) groups is 2. The molecular weight excluding hydrogens is 424 g/mol. The second-order valence-corrected chi connectivity index (χ2v) is 7.87. The predicted octanol–water partition coefficient (Wildman–Crippen LogP) is 1.93. The van der Waals surface area contributed by atoms with Gasteiger partial charge in [0.1, 0.15) is 0 Å². The Balaban J connectivity index is 1.60. The van der Waals surface area contributed by atoms with Crippen molar-refractivity contribution in [2.24, 2.45) is 0 Å². The van der Waals surface area contributed by atoms with Crippen LogP contribution in [0.3, 0.4) is 0 Å². The van der Waals surface area contributed by atoms with Gasteiger partial charge in [-0.2, -0.15) is 0 Å². The zero-order chi connectivity index (χ0) is 20.3. The van der Waals surface area contributed by atoms with Gasteiger partial charge in [0.25, 0.3) is 11.8 Å². The van der Waals surface area contributed by atoms with Crippen LogP contribution in [0.15, 0.2) is 53.0 Å². The van der Waals surface area contributed by atoms with Crippen LogP contribution < -0.4 is 5.32 Å². The molecule has 2 aromatic carbocycles. The van der Waals surface area contributed by atoms with Crippen LogP contribution in [0.5, 0.6) is 0 Å². The third kappa shape index (κ3) is 4.60. The Kier molecular flexibility index (Phi) is 6.49. The number of aliphatic hydroxyl groups is 2. The third-order valence-corrected chi connectivity index (χ3v) is 5.52. The highest BCUT2D eigenvalue weighted by molar-refractivity contribution is 9.10. The van der Waals surface area contributed by atoms with Crippen LogP contribution in [0.4, 0.5) is 0 Å². The summed E-state index contributed by atoms with van der Waals surface area (Å²) >= 11 is 3.35. The first-order chi connectivity index (χ1) is 13.4. The lowest BCUT2D eigenvalue weighted by atomic mass is 9.99. The fourth-order valence-electron chi connectivity index (χ4n) is 3.28. The minimum Gasteiger partial charge on any atom is -0.380 e. The lowest BCUT2D eigenvalue weighted by molar-refractivity contribution is -0.154. The van der Waals surface area contributed by atoms with E-state index in [1.54, 1.807) is 6.92 Å². The van der Waals surface area contributed by atoms with Crippen LogP contribution in [0.1, 0.15) is 29.7 Å². The molecule has 3 atom stereocenters. The van der Waals surface area contributed by atoms with E-state index in [4.69, 9.17) is 0 Å². The molecule has 1 aliphatic heterocycles. The zero-order valence-corrected chi connectivity index (χ0v) is 17.1. The lowest BCUT2D eigenvalue weighted by Crippen LogP contribution is -2.51. The fraction of sp³-hybridized carbons (Fsp3) is 0.333. The van der Waals surface area contributed by atoms with Crippen LogP contribution in [0.25, 0.3) is 0 Å². The summed E-state index contributed by atoms with van der Waals surface area (Å²) in [5, 5.41) is 23.1. The highest BCUT2D eigenvalue weighted by atomic mass is 79.9. The number of hydrogen-bond donors (Lipinski definition) is 3. The highest BCUT2D eigenvalue weighted by Gasteiger charge is 2.35. The average Bonchev–Trinajstić information content (AvgIpc) is 2.72. The molecule has 7 heteroatoms. The molecule has 0 fully saturated rings. The van der Waals surface area contributed by atoms with E-state index in [0.29, 0.717) is 19.5 Å². The van der Waals surface area contributed by atoms with Crippen molar-refractivity contribution in [1.29, 1.82) is 0 Å². The van der Waals surface area contributed by atoms with E-state index in [2.05, 4.69) is 21.2 Å². The molecule has 28 heavy (non-hydrogen) atoms. The maximum atomic E-state index is 12.6. The molecule has 3 unspecified atom stereocenters. The van der Waals surface area contributed by atoms with Gasteiger partial charge in [-0.3, -0.25) is 9.59 Å². The van der Waals surface area contributed by atoms with Crippen molar-refractivity contribution in [2.75, 3.05) is 6.54 Å². The number of benzene rings is 2. The average molecular weight is 447 g/mol. The van der Waals surface area contributed by atoms with Crippen molar-refractivity contribution in [1.82, 2.24) is 10.2 Å². The number of fused-ring (bicyclic) bond motifs is 1. The monoisotopic (exact) mass is 446 g/mol. The van der Waals surface area contributed by atoms with E-state index in [0.717, 1.165) is 15.6 Å². The Morgan fingerprint density at radius 3 is 2.36 bits per heavy atom. The van der Waals surface area contributed by atoms with Gasteiger partial charge in [-0.05, 0) is 42.2 Å². The van der Waals surface area contributed by atoms with Gasteiger partial charge in [0.05, 0.1) is 6.04 Å². The number of amides is 2. The van der Waals surface area contributed by atoms with Crippen molar-refractivity contribution >= 4 is 27.7 Å². The first-order valence-electron chi connectivity index (χ1n) is 9.14. The SMILES string of the molecule is CC(NC(=O)C(O)C(O)C(=O)N1CCc2ccccc2C1)c1ccc(Br)cc1. The first-order valence-corrected chi connectivity index (χ1v) is 9.93. The second-order valence-electron chi connectivity index (χ2n) is 6.95. The summed E-state index contributed by atoms with van der Waals surface area (Å²) in [4.78, 5) is 26.4. The molecule has 2 aromatic rings. The van der Waals surface area contributed by atoms with Crippen molar-refractivity contribution in [3.63, 3.8) is 0 Å². The van der Waals surface area contributed by atoms with Gasteiger partial charge < -0.3 is 20.4 Å². The third-order valence-electron chi connectivity index (χ3n) is 4.99. The minimum atomic E-state index is -1.83. The summed E-state index contributed by atoms with van der Waals surface area (Å²) in [6.07, 6.45) is -2.96. The summed E-state index contributed by atoms with van der Waals surface area (Å²) < 4.78 is 0.916. The molecule has 1 aliphatic rings. The van der Waals surface area contributed by atoms with E-state index < -0.39 is 24.0 Å². The van der Waals surface area contributed by atoms with Crippen molar-refractivity contribution in [2.45, 2.75) is 38.1 Å². The van der Waals surface area contributed by atoms with Crippen molar-refractivity contribution in [3.8, 4) is 0 Å². The number of aliphatic hydroxyl groups excluding tert-OH is 2. The van der Waals surface area contributed by atoms with Gasteiger partial charge in [0.15, 0.2) is 12.2 Å². The summed E-state index contributed by atoms with van der Waals surface area (Å²) in [6, 6.07) is 14.8. The fourth-order valence-corrected chi connectivity index (χ4v) is 3.55. The molecule has 6 nitrogen and oxygen atoms in total. The first kappa shape index (κ1) is 20.5. The Labute approximate surface area is 172 Å². The topological polar surface area (TPSA) is 89.9 Å². The number of hydrogen-bond acceptors (Lipinski definition) is 4. The van der Waals surface area contributed by atoms with Crippen molar-refractivity contribution in [3.05, 3.63) is 69.7 Å². The lowest BCUT2D eigenvalue weighted by Gasteiger charge is -2.31. The maximum Gasteiger partial charge on any atom is 0.255 e. The normalized spacial score (nSPS) is 16.6. The Hall–Kier alpha value is -2.22. The molecule has 0 spiro atoms. The van der Waals surface area contributed by atoms with E-state index in [1.165, 1.54) is 10.5 Å². The molecule has 148 valence electrons. The standard InChI is InChI=1S/C21H23BrN2O4/c1-13(14-6-8-17(22)9-7-14)23-20(27)18(25)19(26)21(28)24-11-10-15-4-2-3-5-16(15)12-24/h2-9,13,18-19,25-26H,10-12H2,1H3,(H,23,27). The maximum absolute atomic E-state index is 12.6. The van der Waals surface area contributed by atoms with Crippen LogP contribution in [0.2, 0.25) is 0 Å². The predicted molar refractivity (Wildman–Crippen MR) is 108 cm³/mol. The molecule has 0 aliphatic carbocycles. The molecule has 2 amide bonds. The largest absolute Gasteiger partial charge is 0.380 e.